The third kappa shape index (κ3) is 2.96. The minimum Gasteiger partial charge on any atom is -0.481 e. The molecule has 1 fully saturated rings. The molecule has 0 aromatic carbocycles. The molecule has 0 radical (unpaired) electrons. The summed E-state index contributed by atoms with van der Waals surface area (Å²) in [6.07, 6.45) is 5.06. The first-order valence-electron chi connectivity index (χ1n) is 7.57. The van der Waals surface area contributed by atoms with Gasteiger partial charge in [0.05, 0.1) is 5.41 Å². The lowest BCUT2D eigenvalue weighted by atomic mass is 9.71. The van der Waals surface area contributed by atoms with Crippen LogP contribution in [0.5, 0.6) is 0 Å². The zero-order valence-electron chi connectivity index (χ0n) is 12.9. The maximum atomic E-state index is 12.5. The standard InChI is InChI=1S/C16H24N2O3/c1-11(2)18-10-6-7-12(18)14(19)17-13-8-4-5-9-16(13,3)15(20)21/h6-7,10-11,13H,4-5,8-9H2,1-3H3,(H,17,19)(H,20,21). The number of hydrogen-bond acceptors (Lipinski definition) is 2. The fourth-order valence-corrected chi connectivity index (χ4v) is 3.09. The Balaban J connectivity index is 2.18. The Hall–Kier alpha value is -1.78. The molecule has 0 aliphatic heterocycles. The van der Waals surface area contributed by atoms with Crippen molar-refractivity contribution >= 4 is 11.9 Å². The molecule has 5 heteroatoms. The molecule has 2 atom stereocenters. The Kier molecular flexibility index (Phi) is 4.40. The van der Waals surface area contributed by atoms with Gasteiger partial charge in [-0.15, -0.1) is 0 Å². The third-order valence-corrected chi connectivity index (χ3v) is 4.57. The number of amides is 1. The van der Waals surface area contributed by atoms with Gasteiger partial charge in [-0.05, 0) is 45.7 Å². The second kappa shape index (κ2) is 5.92. The molecule has 0 saturated heterocycles. The van der Waals surface area contributed by atoms with E-state index in [1.807, 2.05) is 30.7 Å². The van der Waals surface area contributed by atoms with E-state index in [1.54, 1.807) is 13.0 Å². The Morgan fingerprint density at radius 2 is 2.14 bits per heavy atom. The van der Waals surface area contributed by atoms with Gasteiger partial charge in [-0.1, -0.05) is 12.8 Å². The van der Waals surface area contributed by atoms with Crippen molar-refractivity contribution in [3.05, 3.63) is 24.0 Å². The van der Waals surface area contributed by atoms with Crippen LogP contribution in [0.3, 0.4) is 0 Å². The summed E-state index contributed by atoms with van der Waals surface area (Å²) in [5.74, 6) is -1.01. The Bertz CT molecular complexity index is 535. The topological polar surface area (TPSA) is 71.3 Å². The van der Waals surface area contributed by atoms with E-state index in [2.05, 4.69) is 5.32 Å². The van der Waals surface area contributed by atoms with Crippen LogP contribution in [-0.2, 0) is 4.79 Å². The number of hydrogen-bond donors (Lipinski definition) is 2. The van der Waals surface area contributed by atoms with Gasteiger partial charge in [-0.2, -0.15) is 0 Å². The lowest BCUT2D eigenvalue weighted by molar-refractivity contribution is -0.151. The average molecular weight is 292 g/mol. The third-order valence-electron chi connectivity index (χ3n) is 4.57. The lowest BCUT2D eigenvalue weighted by Gasteiger charge is -2.38. The second-order valence-corrected chi connectivity index (χ2v) is 6.39. The van der Waals surface area contributed by atoms with Crippen LogP contribution < -0.4 is 5.32 Å². The van der Waals surface area contributed by atoms with Crippen molar-refractivity contribution in [3.63, 3.8) is 0 Å². The minimum absolute atomic E-state index is 0.187. The highest BCUT2D eigenvalue weighted by Gasteiger charge is 2.44. The molecule has 2 N–H and O–H groups in total. The van der Waals surface area contributed by atoms with Crippen LogP contribution in [0.1, 0.15) is 63.0 Å². The molecule has 5 nitrogen and oxygen atoms in total. The molecule has 1 aromatic heterocycles. The molecular formula is C16H24N2O3. The maximum absolute atomic E-state index is 12.5. The fraction of sp³-hybridized carbons (Fsp3) is 0.625. The second-order valence-electron chi connectivity index (χ2n) is 6.39. The maximum Gasteiger partial charge on any atom is 0.311 e. The predicted molar refractivity (Wildman–Crippen MR) is 80.3 cm³/mol. The quantitative estimate of drug-likeness (QED) is 0.896. The average Bonchev–Trinajstić information content (AvgIpc) is 2.90. The first-order chi connectivity index (χ1) is 9.86. The number of aromatic nitrogens is 1. The Morgan fingerprint density at radius 1 is 1.43 bits per heavy atom. The van der Waals surface area contributed by atoms with Crippen LogP contribution in [0.25, 0.3) is 0 Å². The zero-order chi connectivity index (χ0) is 15.6. The summed E-state index contributed by atoms with van der Waals surface area (Å²) in [6.45, 7) is 5.76. The summed E-state index contributed by atoms with van der Waals surface area (Å²) >= 11 is 0. The highest BCUT2D eigenvalue weighted by molar-refractivity contribution is 5.93. The molecule has 116 valence electrons. The fourth-order valence-electron chi connectivity index (χ4n) is 3.09. The summed E-state index contributed by atoms with van der Waals surface area (Å²) in [4.78, 5) is 24.1. The summed E-state index contributed by atoms with van der Waals surface area (Å²) in [6, 6.07) is 3.49. The molecule has 1 amide bonds. The van der Waals surface area contributed by atoms with Gasteiger partial charge in [-0.25, -0.2) is 0 Å². The minimum atomic E-state index is -0.872. The van der Waals surface area contributed by atoms with E-state index in [4.69, 9.17) is 0 Å². The molecule has 1 heterocycles. The van der Waals surface area contributed by atoms with E-state index in [1.165, 1.54) is 0 Å². The van der Waals surface area contributed by atoms with Crippen LogP contribution in [0.2, 0.25) is 0 Å². The molecule has 21 heavy (non-hydrogen) atoms. The molecule has 0 bridgehead atoms. The van der Waals surface area contributed by atoms with Crippen molar-refractivity contribution in [1.82, 2.24) is 9.88 Å². The van der Waals surface area contributed by atoms with Crippen molar-refractivity contribution in [2.45, 2.75) is 58.5 Å². The zero-order valence-corrected chi connectivity index (χ0v) is 12.9. The van der Waals surface area contributed by atoms with Gasteiger partial charge in [0.1, 0.15) is 5.69 Å². The number of rotatable bonds is 4. The highest BCUT2D eigenvalue weighted by atomic mass is 16.4. The van der Waals surface area contributed by atoms with E-state index in [9.17, 15) is 14.7 Å². The van der Waals surface area contributed by atoms with Gasteiger partial charge in [0, 0.05) is 18.3 Å². The normalized spacial score (nSPS) is 25.8. The molecule has 1 saturated carbocycles. The highest BCUT2D eigenvalue weighted by Crippen LogP contribution is 2.36. The SMILES string of the molecule is CC(C)n1cccc1C(=O)NC1CCCCC1(C)C(=O)O. The van der Waals surface area contributed by atoms with E-state index in [0.29, 0.717) is 12.1 Å². The lowest BCUT2D eigenvalue weighted by Crippen LogP contribution is -2.52. The number of nitrogens with one attached hydrogen (secondary N) is 1. The smallest absolute Gasteiger partial charge is 0.311 e. The van der Waals surface area contributed by atoms with Crippen LogP contribution in [-0.4, -0.2) is 27.6 Å². The summed E-state index contributed by atoms with van der Waals surface area (Å²) in [5, 5.41) is 12.4. The van der Waals surface area contributed by atoms with Gasteiger partial charge in [0.15, 0.2) is 0 Å². The number of aliphatic carboxylic acids is 1. The molecule has 1 aliphatic rings. The van der Waals surface area contributed by atoms with Crippen LogP contribution in [0, 0.1) is 5.41 Å². The summed E-state index contributed by atoms with van der Waals surface area (Å²) in [5.41, 5.74) is -0.285. The van der Waals surface area contributed by atoms with Crippen molar-refractivity contribution in [3.8, 4) is 0 Å². The predicted octanol–water partition coefficient (Wildman–Crippen LogP) is 2.83. The van der Waals surface area contributed by atoms with E-state index in [-0.39, 0.29) is 18.0 Å². The molecule has 0 spiro atoms. The molecule has 1 aromatic rings. The number of carbonyl (C=O) groups excluding carboxylic acids is 1. The van der Waals surface area contributed by atoms with E-state index >= 15 is 0 Å². The molecule has 2 unspecified atom stereocenters. The van der Waals surface area contributed by atoms with Gasteiger partial charge in [-0.3, -0.25) is 9.59 Å². The molecular weight excluding hydrogens is 268 g/mol. The van der Waals surface area contributed by atoms with Crippen LogP contribution in [0.15, 0.2) is 18.3 Å². The number of carbonyl (C=O) groups is 2. The van der Waals surface area contributed by atoms with Crippen molar-refractivity contribution in [1.29, 1.82) is 0 Å². The van der Waals surface area contributed by atoms with Crippen molar-refractivity contribution < 1.29 is 14.7 Å². The molecule has 1 aliphatic carbocycles. The number of carboxylic acids is 1. The van der Waals surface area contributed by atoms with E-state index in [0.717, 1.165) is 19.3 Å². The van der Waals surface area contributed by atoms with Crippen LogP contribution >= 0.6 is 0 Å². The summed E-state index contributed by atoms with van der Waals surface area (Å²) in [7, 11) is 0. The monoisotopic (exact) mass is 292 g/mol. The first-order valence-corrected chi connectivity index (χ1v) is 7.57. The number of carboxylic acid groups (broad SMARTS) is 1. The largest absolute Gasteiger partial charge is 0.481 e. The Labute approximate surface area is 125 Å². The van der Waals surface area contributed by atoms with Gasteiger partial charge in [0.2, 0.25) is 0 Å². The van der Waals surface area contributed by atoms with E-state index < -0.39 is 11.4 Å². The van der Waals surface area contributed by atoms with Gasteiger partial charge < -0.3 is 15.0 Å². The first kappa shape index (κ1) is 15.6. The summed E-state index contributed by atoms with van der Waals surface area (Å²) < 4.78 is 1.90. The molecule has 2 rings (SSSR count). The van der Waals surface area contributed by atoms with Crippen molar-refractivity contribution in [2.24, 2.45) is 5.41 Å². The van der Waals surface area contributed by atoms with Gasteiger partial charge in [0.25, 0.3) is 5.91 Å². The van der Waals surface area contributed by atoms with Crippen molar-refractivity contribution in [2.75, 3.05) is 0 Å². The Morgan fingerprint density at radius 3 is 2.76 bits per heavy atom. The van der Waals surface area contributed by atoms with Gasteiger partial charge >= 0.3 is 5.97 Å². The van der Waals surface area contributed by atoms with Crippen LogP contribution in [0.4, 0.5) is 0 Å². The number of nitrogens with zero attached hydrogens (tertiary/aromatic N) is 1.